The first-order valence-electron chi connectivity index (χ1n) is 8.30. The van der Waals surface area contributed by atoms with E-state index in [0.29, 0.717) is 12.8 Å². The Morgan fingerprint density at radius 2 is 2.23 bits per heavy atom. The summed E-state index contributed by atoms with van der Waals surface area (Å²) in [6, 6.07) is 1.19. The molecule has 0 aliphatic carbocycles. The van der Waals surface area contributed by atoms with E-state index in [-0.39, 0.29) is 29.0 Å². The van der Waals surface area contributed by atoms with E-state index in [1.54, 1.807) is 0 Å². The summed E-state index contributed by atoms with van der Waals surface area (Å²) in [5.41, 5.74) is -0.278. The lowest BCUT2D eigenvalue weighted by Crippen LogP contribution is -2.55. The third-order valence-corrected chi connectivity index (χ3v) is 6.29. The summed E-state index contributed by atoms with van der Waals surface area (Å²) < 4.78 is 58.3. The van der Waals surface area contributed by atoms with Crippen LogP contribution in [0.5, 0.6) is 0 Å². The van der Waals surface area contributed by atoms with Crippen molar-refractivity contribution in [2.24, 2.45) is 0 Å². The first-order chi connectivity index (χ1) is 12.4. The third kappa shape index (κ3) is 3.30. The zero-order chi connectivity index (χ0) is 18.9. The predicted octanol–water partition coefficient (Wildman–Crippen LogP) is 2.61. The Labute approximate surface area is 149 Å². The number of carbonyl (C=O) groups is 1. The van der Waals surface area contributed by atoms with Crippen LogP contribution in [0.4, 0.5) is 8.78 Å². The molecule has 1 atom stereocenters. The van der Waals surface area contributed by atoms with Crippen LogP contribution in [0.15, 0.2) is 23.2 Å². The summed E-state index contributed by atoms with van der Waals surface area (Å²) in [4.78, 5) is 11.8. The highest BCUT2D eigenvalue weighted by molar-refractivity contribution is 7.89. The minimum absolute atomic E-state index is 0.129. The van der Waals surface area contributed by atoms with Crippen LogP contribution in [0.1, 0.15) is 38.2 Å². The summed E-state index contributed by atoms with van der Waals surface area (Å²) in [5.74, 6) is -0.612. The van der Waals surface area contributed by atoms with Crippen molar-refractivity contribution in [3.05, 3.63) is 23.9 Å². The molecule has 3 rings (SSSR count). The molecule has 142 valence electrons. The smallest absolute Gasteiger partial charge is 0.324 e. The molecule has 0 unspecified atom stereocenters. The number of rotatable bonds is 7. The fourth-order valence-corrected chi connectivity index (χ4v) is 4.63. The number of alkyl halides is 2. The van der Waals surface area contributed by atoms with Gasteiger partial charge in [0.1, 0.15) is 10.9 Å². The number of nitrogens with one attached hydrogen (secondary N) is 1. The van der Waals surface area contributed by atoms with E-state index >= 15 is 0 Å². The fraction of sp³-hybridized carbons (Fsp3) is 0.500. The number of aromatic nitrogens is 2. The summed E-state index contributed by atoms with van der Waals surface area (Å²) in [7, 11) is -4.15. The van der Waals surface area contributed by atoms with Gasteiger partial charge in [-0.25, -0.2) is 17.2 Å². The molecule has 10 heteroatoms. The quantitative estimate of drug-likeness (QED) is 0.582. The molecule has 2 aromatic rings. The largest absolute Gasteiger partial charge is 0.464 e. The second-order valence-electron chi connectivity index (χ2n) is 6.10. The highest BCUT2D eigenvalue weighted by Gasteiger charge is 2.44. The van der Waals surface area contributed by atoms with E-state index in [2.05, 4.69) is 10.2 Å². The van der Waals surface area contributed by atoms with Gasteiger partial charge in [-0.2, -0.15) is 9.40 Å². The minimum Gasteiger partial charge on any atom is -0.464 e. The number of hydrogen-bond acceptors (Lipinski definition) is 5. The molecule has 1 N–H and O–H groups in total. The van der Waals surface area contributed by atoms with Crippen LogP contribution >= 0.6 is 0 Å². The van der Waals surface area contributed by atoms with Gasteiger partial charge < -0.3 is 4.74 Å². The van der Waals surface area contributed by atoms with Crippen molar-refractivity contribution in [1.82, 2.24) is 14.5 Å². The summed E-state index contributed by atoms with van der Waals surface area (Å²) in [6.45, 7) is 2.30. The highest BCUT2D eigenvalue weighted by atomic mass is 32.2. The summed E-state index contributed by atoms with van der Waals surface area (Å²) in [6.07, 6.45) is 0.334. The molecule has 1 aromatic heterocycles. The molecule has 1 aliphatic rings. The molecule has 0 spiro atoms. The van der Waals surface area contributed by atoms with E-state index in [9.17, 15) is 22.0 Å². The lowest BCUT2D eigenvalue weighted by molar-refractivity contribution is -0.151. The second kappa shape index (κ2) is 7.28. The number of nitrogens with zero attached hydrogens (tertiary/aromatic N) is 2. The van der Waals surface area contributed by atoms with Gasteiger partial charge >= 0.3 is 5.97 Å². The standard InChI is InChI=1S/C16H19F2N3O4S/c1-2-3-6-25-16(22)12-4-5-21(12)26(23,24)13-8-10(15(17)18)7-11-9-19-20-14(11)13/h7-9,12,15H,2-6H2,1H3,(H,19,20)/t12-/m0/s1. The molecule has 26 heavy (non-hydrogen) atoms. The number of carbonyl (C=O) groups excluding carboxylic acids is 1. The molecule has 0 bridgehead atoms. The number of hydrogen-bond donors (Lipinski definition) is 1. The number of halogens is 2. The van der Waals surface area contributed by atoms with Gasteiger partial charge in [-0.3, -0.25) is 9.89 Å². The Hall–Kier alpha value is -2.07. The number of fused-ring (bicyclic) bond motifs is 1. The van der Waals surface area contributed by atoms with E-state index in [1.807, 2.05) is 6.92 Å². The van der Waals surface area contributed by atoms with Crippen molar-refractivity contribution in [2.45, 2.75) is 43.5 Å². The number of benzene rings is 1. The lowest BCUT2D eigenvalue weighted by atomic mass is 10.1. The Kier molecular flexibility index (Phi) is 5.24. The Morgan fingerprint density at radius 1 is 1.46 bits per heavy atom. The van der Waals surface area contributed by atoms with Gasteiger partial charge in [0.2, 0.25) is 10.0 Å². The molecule has 0 radical (unpaired) electrons. The average Bonchev–Trinajstić information content (AvgIpc) is 3.00. The van der Waals surface area contributed by atoms with Gasteiger partial charge in [-0.1, -0.05) is 13.3 Å². The van der Waals surface area contributed by atoms with E-state index in [4.69, 9.17) is 4.74 Å². The van der Waals surface area contributed by atoms with Gasteiger partial charge in [0.15, 0.2) is 0 Å². The molecule has 7 nitrogen and oxygen atoms in total. The van der Waals surface area contributed by atoms with Gasteiger partial charge in [0.25, 0.3) is 6.43 Å². The summed E-state index contributed by atoms with van der Waals surface area (Å²) >= 11 is 0. The molecule has 0 amide bonds. The Bertz CT molecular complexity index is 913. The molecular weight excluding hydrogens is 368 g/mol. The molecule has 1 saturated heterocycles. The molecule has 2 heterocycles. The Morgan fingerprint density at radius 3 is 2.85 bits per heavy atom. The maximum atomic E-state index is 13.1. The first-order valence-corrected chi connectivity index (χ1v) is 9.74. The van der Waals surface area contributed by atoms with Crippen molar-refractivity contribution < 1.29 is 26.7 Å². The highest BCUT2D eigenvalue weighted by Crippen LogP contribution is 2.34. The van der Waals surface area contributed by atoms with E-state index < -0.39 is 34.0 Å². The number of ether oxygens (including phenoxy) is 1. The van der Waals surface area contributed by atoms with Crippen LogP contribution in [0, 0.1) is 0 Å². The van der Waals surface area contributed by atoms with Crippen LogP contribution in [-0.2, 0) is 19.6 Å². The number of H-pyrrole nitrogens is 1. The van der Waals surface area contributed by atoms with Crippen molar-refractivity contribution in [3.8, 4) is 0 Å². The first kappa shape index (κ1) is 18.7. The number of esters is 1. The third-order valence-electron chi connectivity index (χ3n) is 4.36. The van der Waals surface area contributed by atoms with E-state index in [1.165, 1.54) is 12.3 Å². The molecule has 1 fully saturated rings. The van der Waals surface area contributed by atoms with Gasteiger partial charge in [-0.05, 0) is 25.0 Å². The lowest BCUT2D eigenvalue weighted by Gasteiger charge is -2.37. The van der Waals surface area contributed by atoms with Crippen LogP contribution in [-0.4, -0.2) is 48.1 Å². The molecule has 1 aliphatic heterocycles. The van der Waals surface area contributed by atoms with Crippen LogP contribution in [0.2, 0.25) is 0 Å². The molecule has 1 aromatic carbocycles. The van der Waals surface area contributed by atoms with Crippen molar-refractivity contribution in [3.63, 3.8) is 0 Å². The molecular formula is C16H19F2N3O4S. The normalized spacial score (nSPS) is 18.2. The number of unbranched alkanes of at least 4 members (excludes halogenated alkanes) is 1. The monoisotopic (exact) mass is 387 g/mol. The van der Waals surface area contributed by atoms with Gasteiger partial charge in [-0.15, -0.1) is 0 Å². The Balaban J connectivity index is 1.92. The van der Waals surface area contributed by atoms with Crippen molar-refractivity contribution in [1.29, 1.82) is 0 Å². The SMILES string of the molecule is CCCCOC(=O)[C@@H]1CCN1S(=O)(=O)c1cc(C(F)F)cc2cn[nH]c12. The van der Waals surface area contributed by atoms with Crippen molar-refractivity contribution in [2.75, 3.05) is 13.2 Å². The fourth-order valence-electron chi connectivity index (χ4n) is 2.80. The molecule has 0 saturated carbocycles. The van der Waals surface area contributed by atoms with Crippen LogP contribution < -0.4 is 0 Å². The second-order valence-corrected chi connectivity index (χ2v) is 7.95. The maximum absolute atomic E-state index is 13.1. The summed E-state index contributed by atoms with van der Waals surface area (Å²) in [5, 5.41) is 6.54. The van der Waals surface area contributed by atoms with Crippen LogP contribution in [0.25, 0.3) is 10.9 Å². The zero-order valence-electron chi connectivity index (χ0n) is 14.1. The predicted molar refractivity (Wildman–Crippen MR) is 89.2 cm³/mol. The zero-order valence-corrected chi connectivity index (χ0v) is 14.9. The van der Waals surface area contributed by atoms with Crippen LogP contribution in [0.3, 0.4) is 0 Å². The topological polar surface area (TPSA) is 92.4 Å². The number of aromatic amines is 1. The van der Waals surface area contributed by atoms with Crippen molar-refractivity contribution >= 4 is 26.9 Å². The minimum atomic E-state index is -4.15. The maximum Gasteiger partial charge on any atom is 0.324 e. The van der Waals surface area contributed by atoms with Gasteiger partial charge in [0, 0.05) is 17.5 Å². The van der Waals surface area contributed by atoms with Gasteiger partial charge in [0.05, 0.1) is 18.3 Å². The number of sulfonamides is 1. The van der Waals surface area contributed by atoms with E-state index in [0.717, 1.165) is 16.8 Å². The average molecular weight is 387 g/mol.